The Morgan fingerprint density at radius 3 is 1.53 bits per heavy atom. The zero-order valence-electron chi connectivity index (χ0n) is 29.7. The van der Waals surface area contributed by atoms with Crippen LogP contribution in [0.5, 0.6) is 0 Å². The van der Waals surface area contributed by atoms with Crippen molar-refractivity contribution in [2.24, 2.45) is 0 Å². The Labute approximate surface area is 326 Å². The fourth-order valence-electron chi connectivity index (χ4n) is 8.67. The predicted octanol–water partition coefficient (Wildman–Crippen LogP) is 15.8. The van der Waals surface area contributed by atoms with Crippen molar-refractivity contribution in [3.8, 4) is 22.3 Å². The Morgan fingerprint density at radius 1 is 0.327 bits per heavy atom. The minimum Gasteiger partial charge on any atom is -0.456 e. The third-order valence-corrected chi connectivity index (χ3v) is 11.6. The Balaban J connectivity index is 1.26. The van der Waals surface area contributed by atoms with Crippen LogP contribution in [0.4, 0.5) is 17.1 Å². The zero-order chi connectivity index (χ0) is 36.5. The smallest absolute Gasteiger partial charge is 0.137 e. The molecule has 258 valence electrons. The summed E-state index contributed by atoms with van der Waals surface area (Å²) in [4.78, 5) is 2.35. The average Bonchev–Trinajstić information content (AvgIpc) is 3.61. The lowest BCUT2D eigenvalue weighted by molar-refractivity contribution is 0.669. The molecule has 1 heterocycles. The highest BCUT2D eigenvalue weighted by molar-refractivity contribution is 9.10. The van der Waals surface area contributed by atoms with Crippen LogP contribution in [0.25, 0.3) is 87.3 Å². The van der Waals surface area contributed by atoms with Gasteiger partial charge in [-0.15, -0.1) is 0 Å². The molecule has 0 fully saturated rings. The van der Waals surface area contributed by atoms with Crippen molar-refractivity contribution in [1.82, 2.24) is 0 Å². The molecule has 0 atom stereocenters. The van der Waals surface area contributed by atoms with Crippen LogP contribution in [0.1, 0.15) is 0 Å². The molecule has 0 spiro atoms. The first kappa shape index (κ1) is 31.8. The van der Waals surface area contributed by atoms with Crippen molar-refractivity contribution in [2.75, 3.05) is 4.90 Å². The number of hydrogen-bond acceptors (Lipinski definition) is 2. The first-order valence-corrected chi connectivity index (χ1v) is 19.4. The highest BCUT2D eigenvalue weighted by Crippen LogP contribution is 2.49. The van der Waals surface area contributed by atoms with Crippen LogP contribution in [-0.2, 0) is 0 Å². The van der Waals surface area contributed by atoms with Crippen LogP contribution in [-0.4, -0.2) is 0 Å². The summed E-state index contributed by atoms with van der Waals surface area (Å²) in [5.74, 6) is 0. The molecule has 11 aromatic rings. The van der Waals surface area contributed by atoms with Gasteiger partial charge in [0.05, 0.1) is 0 Å². The summed E-state index contributed by atoms with van der Waals surface area (Å²) in [7, 11) is 0. The maximum Gasteiger partial charge on any atom is 0.137 e. The largest absolute Gasteiger partial charge is 0.456 e. The monoisotopic (exact) mass is 765 g/mol. The molecule has 55 heavy (non-hydrogen) atoms. The number of fused-ring (bicyclic) bond motifs is 7. The predicted molar refractivity (Wildman–Crippen MR) is 237 cm³/mol. The number of halogens is 1. The van der Waals surface area contributed by atoms with E-state index in [0.717, 1.165) is 43.5 Å². The maximum absolute atomic E-state index is 6.43. The lowest BCUT2D eigenvalue weighted by Gasteiger charge is -2.27. The molecule has 0 amide bonds. The second-order valence-electron chi connectivity index (χ2n) is 14.2. The molecule has 10 aromatic carbocycles. The summed E-state index contributed by atoms with van der Waals surface area (Å²) < 4.78 is 7.48. The van der Waals surface area contributed by atoms with E-state index in [-0.39, 0.29) is 0 Å². The van der Waals surface area contributed by atoms with Gasteiger partial charge in [0.25, 0.3) is 0 Å². The van der Waals surface area contributed by atoms with Crippen LogP contribution in [0, 0.1) is 0 Å². The highest BCUT2D eigenvalue weighted by atomic mass is 79.9. The minimum absolute atomic E-state index is 0.867. The van der Waals surface area contributed by atoms with Gasteiger partial charge in [-0.2, -0.15) is 0 Å². The van der Waals surface area contributed by atoms with E-state index in [1.165, 1.54) is 65.3 Å². The Kier molecular flexibility index (Phi) is 7.36. The molecule has 1 aromatic heterocycles. The molecule has 0 aliphatic rings. The number of benzene rings is 10. The molecular formula is C52H32BrNO. The molecule has 11 rings (SSSR count). The topological polar surface area (TPSA) is 16.4 Å². The van der Waals surface area contributed by atoms with Gasteiger partial charge in [0.1, 0.15) is 11.2 Å². The van der Waals surface area contributed by atoms with Gasteiger partial charge >= 0.3 is 0 Å². The van der Waals surface area contributed by atoms with Gasteiger partial charge in [-0.1, -0.05) is 149 Å². The standard InChI is InChI=1S/C52H32BrNO/c53-35-24-27-45-47(30-35)51(43-21-10-14-33-12-4-6-18-39(33)43)46-29-26-37(31-48(46)52(45)44-22-11-15-34-13-5-7-19-40(34)44)54(36-16-2-1-3-17-36)38-25-28-42-41-20-8-9-23-49(41)55-50(42)32-38/h1-32H. The fraction of sp³-hybridized carbons (Fsp3) is 0. The normalized spacial score (nSPS) is 11.7. The van der Waals surface area contributed by atoms with Crippen molar-refractivity contribution >= 4 is 98.0 Å². The molecular weight excluding hydrogens is 734 g/mol. The van der Waals surface area contributed by atoms with E-state index < -0.39 is 0 Å². The molecule has 0 aliphatic heterocycles. The van der Waals surface area contributed by atoms with Gasteiger partial charge in [0.2, 0.25) is 0 Å². The first-order chi connectivity index (χ1) is 27.2. The summed E-state index contributed by atoms with van der Waals surface area (Å²) >= 11 is 3.87. The Morgan fingerprint density at radius 2 is 0.836 bits per heavy atom. The lowest BCUT2D eigenvalue weighted by Crippen LogP contribution is -2.09. The number of nitrogens with zero attached hydrogens (tertiary/aromatic N) is 1. The Bertz CT molecular complexity index is 3280. The van der Waals surface area contributed by atoms with Crippen molar-refractivity contribution in [1.29, 1.82) is 0 Å². The van der Waals surface area contributed by atoms with E-state index >= 15 is 0 Å². The van der Waals surface area contributed by atoms with Crippen LogP contribution in [0.3, 0.4) is 0 Å². The van der Waals surface area contributed by atoms with Crippen LogP contribution < -0.4 is 4.90 Å². The third kappa shape index (κ3) is 5.15. The van der Waals surface area contributed by atoms with Gasteiger partial charge in [-0.05, 0) is 120 Å². The molecule has 0 N–H and O–H groups in total. The summed E-state index contributed by atoms with van der Waals surface area (Å²) in [6.07, 6.45) is 0. The number of para-hydroxylation sites is 2. The highest BCUT2D eigenvalue weighted by Gasteiger charge is 2.22. The van der Waals surface area contributed by atoms with E-state index in [0.29, 0.717) is 0 Å². The van der Waals surface area contributed by atoms with Crippen LogP contribution >= 0.6 is 15.9 Å². The molecule has 0 bridgehead atoms. The number of anilines is 3. The van der Waals surface area contributed by atoms with Gasteiger partial charge in [0, 0.05) is 38.4 Å². The van der Waals surface area contributed by atoms with Gasteiger partial charge in [-0.3, -0.25) is 0 Å². The van der Waals surface area contributed by atoms with E-state index in [2.05, 4.69) is 203 Å². The molecule has 0 radical (unpaired) electrons. The molecule has 0 saturated carbocycles. The lowest BCUT2D eigenvalue weighted by atomic mass is 9.83. The quantitative estimate of drug-likeness (QED) is 0.162. The van der Waals surface area contributed by atoms with Gasteiger partial charge in [0.15, 0.2) is 0 Å². The van der Waals surface area contributed by atoms with Crippen molar-refractivity contribution < 1.29 is 4.42 Å². The van der Waals surface area contributed by atoms with Crippen LogP contribution in [0.15, 0.2) is 203 Å². The summed E-state index contributed by atoms with van der Waals surface area (Å²) in [6, 6.07) is 70.1. The van der Waals surface area contributed by atoms with Gasteiger partial charge in [-0.25, -0.2) is 0 Å². The third-order valence-electron chi connectivity index (χ3n) is 11.1. The second-order valence-corrected chi connectivity index (χ2v) is 15.1. The number of furan rings is 1. The first-order valence-electron chi connectivity index (χ1n) is 18.6. The number of rotatable bonds is 5. The van der Waals surface area contributed by atoms with Gasteiger partial charge < -0.3 is 9.32 Å². The van der Waals surface area contributed by atoms with E-state index in [1.807, 2.05) is 12.1 Å². The van der Waals surface area contributed by atoms with E-state index in [1.54, 1.807) is 0 Å². The van der Waals surface area contributed by atoms with E-state index in [9.17, 15) is 0 Å². The average molecular weight is 767 g/mol. The molecule has 2 nitrogen and oxygen atoms in total. The van der Waals surface area contributed by atoms with Crippen molar-refractivity contribution in [3.05, 3.63) is 199 Å². The summed E-state index contributed by atoms with van der Waals surface area (Å²) in [6.45, 7) is 0. The molecule has 0 aliphatic carbocycles. The minimum atomic E-state index is 0.867. The molecule has 0 unspecified atom stereocenters. The zero-order valence-corrected chi connectivity index (χ0v) is 31.3. The molecule has 0 saturated heterocycles. The van der Waals surface area contributed by atoms with Crippen molar-refractivity contribution in [2.45, 2.75) is 0 Å². The van der Waals surface area contributed by atoms with Crippen LogP contribution in [0.2, 0.25) is 0 Å². The summed E-state index contributed by atoms with van der Waals surface area (Å²) in [5.41, 5.74) is 9.82. The molecule has 3 heteroatoms. The SMILES string of the molecule is Brc1ccc2c(-c3cccc4ccccc34)c3cc(N(c4ccccc4)c4ccc5c(c4)oc4ccccc45)ccc3c(-c3cccc4ccccc34)c2c1. The summed E-state index contributed by atoms with van der Waals surface area (Å²) in [5, 5.41) is 12.0. The van der Waals surface area contributed by atoms with E-state index in [4.69, 9.17) is 4.42 Å². The maximum atomic E-state index is 6.43. The number of hydrogen-bond donors (Lipinski definition) is 0. The fourth-order valence-corrected chi connectivity index (χ4v) is 9.03. The second kappa shape index (κ2) is 12.7. The van der Waals surface area contributed by atoms with Crippen molar-refractivity contribution in [3.63, 3.8) is 0 Å². The Hall–Kier alpha value is -6.68.